The maximum absolute atomic E-state index is 11.3. The van der Waals surface area contributed by atoms with Crippen LogP contribution in [0.2, 0.25) is 74.0 Å². The molecule has 3 saturated heterocycles. The van der Waals surface area contributed by atoms with E-state index < -0.39 is 121 Å². The molecule has 0 spiro atoms. The zero-order chi connectivity index (χ0) is 108. The van der Waals surface area contributed by atoms with Gasteiger partial charge >= 0.3 is 21.0 Å². The maximum atomic E-state index is 11.3. The molecule has 6 aromatic rings. The minimum absolute atomic E-state index is 0. The van der Waals surface area contributed by atoms with Gasteiger partial charge in [-0.15, -0.1) is 0 Å². The van der Waals surface area contributed by atoms with Gasteiger partial charge in [0.2, 0.25) is 9.75 Å². The van der Waals surface area contributed by atoms with Crippen LogP contribution in [0.15, 0.2) is 158 Å². The number of carbonyl (C=O) groups is 2. The predicted molar refractivity (Wildman–Crippen MR) is 606 cm³/mol. The first-order valence-electron chi connectivity index (χ1n) is 52.2. The number of methoxy groups -OCH3 is 4. The molecule has 0 amide bonds. The van der Waals surface area contributed by atoms with Gasteiger partial charge in [0, 0.05) is 45.4 Å². The first kappa shape index (κ1) is 131. The number of aliphatic hydroxyl groups is 1. The van der Waals surface area contributed by atoms with E-state index >= 15 is 0 Å². The molecule has 3 heterocycles. The second-order valence-electron chi connectivity index (χ2n) is 42.5. The van der Waals surface area contributed by atoms with Crippen LogP contribution in [0.1, 0.15) is 216 Å². The summed E-state index contributed by atoms with van der Waals surface area (Å²) in [6.45, 7) is 59.1. The molecule has 3 aliphatic heterocycles. The SMILES string of the molecule is C.C.CC(=O)OCCOC(OCCOC(C)=O)O[C@@H]1[C@H](OP(C)C)[C@@H](CO[Si](OC2CCCCCCCCCCC2)(O[Si](C)(C)C)O[Si](C)(C)C)O[C@H]1C.COc1ccc(C(OC[C@H]2O[C@@H](C)[C@H](OCO[Si](C(C)C)(C(C)C)C(C)C)[C@@H]2OP(C)C)(c2ccccc2)c2ccc(OC)cc2)cc1.COc1ccc(C(OC[C@H]2O[C@@H](C)[C@H](O[Si](C)(C)C(C)(C)C)[C@@H]2OP(C)C)(c2ccccc2)c2ccc(OC)cc2)cc1.[3H]OC. The lowest BCUT2D eigenvalue weighted by atomic mass is 9.80. The lowest BCUT2D eigenvalue weighted by Crippen LogP contribution is -2.61. The highest BCUT2D eigenvalue weighted by molar-refractivity contribution is 7.51. The van der Waals surface area contributed by atoms with Crippen molar-refractivity contribution in [3.63, 3.8) is 0 Å². The summed E-state index contributed by atoms with van der Waals surface area (Å²) in [6, 6.07) is 53.0. The molecule has 0 aromatic heterocycles. The Labute approximate surface area is 895 Å². The molecule has 6 aromatic carbocycles. The van der Waals surface area contributed by atoms with E-state index in [0.717, 1.165) is 82.1 Å². The maximum Gasteiger partial charge on any atom is 0.658 e. The van der Waals surface area contributed by atoms with E-state index in [-0.39, 0.29) is 121 Å². The van der Waals surface area contributed by atoms with E-state index in [0.29, 0.717) is 23.2 Å². The molecule has 4 fully saturated rings. The quantitative estimate of drug-likeness (QED) is 0.00927. The third-order valence-corrected chi connectivity index (χ3v) is 47.2. The number of rotatable bonds is 50. The van der Waals surface area contributed by atoms with Crippen LogP contribution in [-0.4, -0.2) is 275 Å². The fraction of sp³-hybridized carbons (Fsp3) is 0.661. The molecule has 12 atom stereocenters. The van der Waals surface area contributed by atoms with Crippen molar-refractivity contribution in [3.8, 4) is 23.0 Å². The third kappa shape index (κ3) is 40.0. The largest absolute Gasteiger partial charge is 0.658 e. The lowest BCUT2D eigenvalue weighted by molar-refractivity contribution is -0.315. The van der Waals surface area contributed by atoms with Gasteiger partial charge in [0.15, 0.2) is 25.0 Å². The van der Waals surface area contributed by atoms with E-state index in [2.05, 4.69) is 233 Å². The number of aliphatic hydroxyl groups excluding tert-OH is 1. The van der Waals surface area contributed by atoms with Crippen LogP contribution in [0.4, 0.5) is 0 Å². The number of hydrogen-bond acceptors (Lipinski definition) is 27. The van der Waals surface area contributed by atoms with Crippen molar-refractivity contribution >= 4 is 78.7 Å². The molecule has 35 heteroatoms. The molecule has 1 N–H and O–H groups in total. The summed E-state index contributed by atoms with van der Waals surface area (Å²) in [5.41, 5.74) is 5.41. The van der Waals surface area contributed by atoms with Crippen molar-refractivity contribution in [3.05, 3.63) is 191 Å². The summed E-state index contributed by atoms with van der Waals surface area (Å²) in [4.78, 5) is 22.6. The van der Waals surface area contributed by atoms with Crippen molar-refractivity contribution < 1.29 is 125 Å². The molecule has 0 unspecified atom stereocenters. The van der Waals surface area contributed by atoms with E-state index in [9.17, 15) is 9.59 Å². The zero-order valence-electron chi connectivity index (χ0n) is 94.6. The summed E-state index contributed by atoms with van der Waals surface area (Å²) >= 11 is 0. The molecule has 1 aliphatic carbocycles. The van der Waals surface area contributed by atoms with Gasteiger partial charge in [0.05, 0.1) is 85.9 Å². The molecular weight excluding hydrogens is 2010 g/mol. The highest BCUT2D eigenvalue weighted by Crippen LogP contribution is 2.50. The Morgan fingerprint density at radius 1 is 0.422 bits per heavy atom. The highest BCUT2D eigenvalue weighted by atomic mass is 31.1. The summed E-state index contributed by atoms with van der Waals surface area (Å²) in [5, 5.41) is 3.57. The van der Waals surface area contributed by atoms with Crippen LogP contribution >= 0.6 is 24.4 Å². The lowest BCUT2D eigenvalue weighted by Gasteiger charge is -2.42. The van der Waals surface area contributed by atoms with Crippen molar-refractivity contribution in [2.45, 2.75) is 353 Å². The van der Waals surface area contributed by atoms with Gasteiger partial charge in [-0.1, -0.05) is 244 Å². The Morgan fingerprint density at radius 3 is 1.04 bits per heavy atom. The van der Waals surface area contributed by atoms with Crippen LogP contribution in [0, 0.1) is 0 Å². The molecule has 834 valence electrons. The van der Waals surface area contributed by atoms with Crippen molar-refractivity contribution in [2.75, 3.05) is 129 Å². The molecule has 10 rings (SSSR count). The summed E-state index contributed by atoms with van der Waals surface area (Å²) < 4.78 is 158. The van der Waals surface area contributed by atoms with Gasteiger partial charge < -0.3 is 116 Å². The third-order valence-electron chi connectivity index (χ3n) is 26.6. The van der Waals surface area contributed by atoms with Crippen LogP contribution in [0.3, 0.4) is 0 Å². The van der Waals surface area contributed by atoms with Crippen LogP contribution < -0.4 is 18.9 Å². The minimum atomic E-state index is -3.70. The average Bonchev–Trinajstić information content (AvgIpc) is 0.951. The Kier molecular flexibility index (Phi) is 56.9. The molecular formula is C112H189O27P3Si5. The van der Waals surface area contributed by atoms with E-state index in [1.165, 1.54) is 65.9 Å². The van der Waals surface area contributed by atoms with Gasteiger partial charge in [-0.2, -0.15) is 0 Å². The Balaban J connectivity index is 0.000000384. The van der Waals surface area contributed by atoms with Crippen LogP contribution in [0.25, 0.3) is 0 Å². The first-order chi connectivity index (χ1) is 69.0. The van der Waals surface area contributed by atoms with Gasteiger partial charge in [-0.25, -0.2) is 0 Å². The highest BCUT2D eigenvalue weighted by Gasteiger charge is 2.58. The van der Waals surface area contributed by atoms with Gasteiger partial charge in [0.25, 0.3) is 6.48 Å². The monoisotopic (exact) mass is 2200 g/mol. The summed E-state index contributed by atoms with van der Waals surface area (Å²) in [6.07, 6.45) is 8.82. The van der Waals surface area contributed by atoms with Gasteiger partial charge in [-0.3, -0.25) is 9.59 Å². The van der Waals surface area contributed by atoms with Crippen molar-refractivity contribution in [2.24, 2.45) is 0 Å². The second-order valence-corrected chi connectivity index (χ2v) is 69.9. The van der Waals surface area contributed by atoms with E-state index in [4.69, 9.17) is 112 Å². The number of esters is 2. The van der Waals surface area contributed by atoms with Crippen molar-refractivity contribution in [1.82, 2.24) is 0 Å². The number of ether oxygens (including phenoxy) is 15. The zero-order valence-corrected chi connectivity index (χ0v) is 101. The van der Waals surface area contributed by atoms with E-state index in [1.54, 1.807) is 28.4 Å². The minimum Gasteiger partial charge on any atom is -0.497 e. The Morgan fingerprint density at radius 2 is 0.728 bits per heavy atom. The molecule has 147 heavy (non-hydrogen) atoms. The number of hydrogen-bond donors (Lipinski definition) is 1. The van der Waals surface area contributed by atoms with E-state index in [1.807, 2.05) is 105 Å². The Bertz CT molecular complexity index is 4460. The molecule has 0 radical (unpaired) electrons. The normalized spacial score (nSPS) is 21.3. The Hall–Kier alpha value is -4.93. The molecule has 0 bridgehead atoms. The first-order valence-corrected chi connectivity index (χ1v) is 71.7. The fourth-order valence-electron chi connectivity index (χ4n) is 19.1. The average molecular weight is 2200 g/mol. The van der Waals surface area contributed by atoms with Crippen LogP contribution in [-0.2, 0) is 112 Å². The van der Waals surface area contributed by atoms with Gasteiger partial charge in [0.1, 0.15) is 109 Å². The predicted octanol–water partition coefficient (Wildman–Crippen LogP) is 26.0. The second kappa shape index (κ2) is 63.9. The number of carbonyl (C=O) groups excluding carboxylic acids is 2. The number of benzene rings is 6. The molecule has 4 aliphatic rings. The fourth-order valence-corrected chi connectivity index (χ4v) is 36.4. The van der Waals surface area contributed by atoms with Crippen molar-refractivity contribution in [1.29, 1.82) is 1.43 Å². The topological polar surface area (TPSA) is 276 Å². The smallest absolute Gasteiger partial charge is 0.497 e. The standard InChI is InChI=1S/C39H57O7PSi.C35H71O13PSi3.C35H49O6PSi.CH4O.2CH4/c1-27(2)48(28(3)4,29(5)6)44-26-42-37-30(7)45-36(38(37)46-47(10)11)25-43-39(31-15-13-12-14-16-31,32-17-21-34(40-8)22-18-32)33-19-23-35(41-9)24-20-33;1-28-33(44-35(40-25-23-38-29(2)36)41-26-24-39-30(3)37)34(45-49(4)5)32(43-28)27-42-52(47-50(6,7)8,48-51(9,10)11)46-31-21-19-17-15-13-12-14-16-18-20-22-31;1-25-32(41-43(9,10)34(2,3)4)33(40-42(7)8)31(39-25)24-38-35(26-14-12-11-13-15-26,27-16-20-29(36-5)21-17-27)28-18-22-30(37-6)23-19-28;1-2;;/h12-24,27-30,36-38H,25-26H2,1-11H3;28,31-35H,12-27H2,1-11H3;11-23,25,31-33H,24H2,1-10H3;2H,1H3;2*1H4/t30-,36+,37-,38+;28-,32+,33-,34+;25-,31+,32-,33+;;;/m000.../s1/i;;;2T;;. The van der Waals surface area contributed by atoms with Crippen LogP contribution in [0.5, 0.6) is 23.0 Å². The molecule has 1 saturated carbocycles. The van der Waals surface area contributed by atoms with Gasteiger partial charge in [-0.05, 0) is 230 Å². The summed E-state index contributed by atoms with van der Waals surface area (Å²) in [5.74, 6) is 2.28. The molecule has 27 nitrogen and oxygen atoms in total. The summed E-state index contributed by atoms with van der Waals surface area (Å²) in [7, 11) is -6.56.